The van der Waals surface area contributed by atoms with E-state index in [2.05, 4.69) is 27.3 Å². The molecule has 2 aliphatic rings. The Kier molecular flexibility index (Phi) is 3.17. The summed E-state index contributed by atoms with van der Waals surface area (Å²) in [5.41, 5.74) is 2.71. The second kappa shape index (κ2) is 4.83. The van der Waals surface area contributed by atoms with Crippen LogP contribution in [0.1, 0.15) is 31.4 Å². The number of hydrogen-bond acceptors (Lipinski definition) is 3. The summed E-state index contributed by atoms with van der Waals surface area (Å²) in [6.45, 7) is 5.07. The van der Waals surface area contributed by atoms with Crippen molar-refractivity contribution in [3.8, 4) is 0 Å². The molecule has 1 amide bonds. The molecule has 0 radical (unpaired) electrons. The van der Waals surface area contributed by atoms with Crippen LogP contribution in [0.4, 0.5) is 5.69 Å². The van der Waals surface area contributed by atoms with Crippen molar-refractivity contribution in [3.05, 3.63) is 24.0 Å². The van der Waals surface area contributed by atoms with Crippen LogP contribution in [0.5, 0.6) is 0 Å². The van der Waals surface area contributed by atoms with Gasteiger partial charge in [-0.15, -0.1) is 0 Å². The molecule has 4 nitrogen and oxygen atoms in total. The van der Waals surface area contributed by atoms with Gasteiger partial charge >= 0.3 is 0 Å². The van der Waals surface area contributed by atoms with E-state index in [4.69, 9.17) is 0 Å². The summed E-state index contributed by atoms with van der Waals surface area (Å²) >= 11 is 0. The van der Waals surface area contributed by atoms with Crippen molar-refractivity contribution < 1.29 is 4.79 Å². The highest BCUT2D eigenvalue weighted by atomic mass is 16.1. The lowest BCUT2D eigenvalue weighted by Crippen LogP contribution is -2.49. The van der Waals surface area contributed by atoms with Crippen LogP contribution in [0.25, 0.3) is 0 Å². The first kappa shape index (κ1) is 12.5. The van der Waals surface area contributed by atoms with Gasteiger partial charge in [-0.1, -0.05) is 0 Å². The van der Waals surface area contributed by atoms with E-state index in [-0.39, 0.29) is 5.91 Å². The number of aromatic nitrogens is 1. The van der Waals surface area contributed by atoms with E-state index in [0.29, 0.717) is 11.8 Å². The van der Waals surface area contributed by atoms with Gasteiger partial charge in [0.25, 0.3) is 0 Å². The number of pyridine rings is 1. The topological polar surface area (TPSA) is 45.2 Å². The Bertz CT molecular complexity index is 466. The van der Waals surface area contributed by atoms with Crippen molar-refractivity contribution in [3.63, 3.8) is 0 Å². The molecule has 0 unspecified atom stereocenters. The van der Waals surface area contributed by atoms with Gasteiger partial charge < -0.3 is 10.2 Å². The second-order valence-corrected chi connectivity index (χ2v) is 5.92. The number of amides is 1. The molecule has 1 aromatic heterocycles. The maximum Gasteiger partial charge on any atom is 0.220 e. The van der Waals surface area contributed by atoms with Crippen LogP contribution in [0.3, 0.4) is 0 Å². The summed E-state index contributed by atoms with van der Waals surface area (Å²) in [5, 5.41) is 3.04. The Morgan fingerprint density at radius 1 is 1.32 bits per heavy atom. The lowest BCUT2D eigenvalue weighted by molar-refractivity contribution is -0.124. The summed E-state index contributed by atoms with van der Waals surface area (Å²) < 4.78 is 0. The fourth-order valence-electron chi connectivity index (χ4n) is 3.23. The van der Waals surface area contributed by atoms with Crippen LogP contribution in [0, 0.1) is 12.3 Å². The Labute approximate surface area is 114 Å². The van der Waals surface area contributed by atoms with Crippen molar-refractivity contribution in [1.29, 1.82) is 0 Å². The number of nitrogens with one attached hydrogen (secondary N) is 1. The molecule has 3 heterocycles. The summed E-state index contributed by atoms with van der Waals surface area (Å²) in [5.74, 6) is 0.220. The number of nitrogens with zero attached hydrogens (tertiary/aromatic N) is 2. The maximum atomic E-state index is 11.3. The fraction of sp³-hybridized carbons (Fsp3) is 0.600. The minimum atomic E-state index is 0.220. The van der Waals surface area contributed by atoms with E-state index in [1.165, 1.54) is 18.5 Å². The average Bonchev–Trinajstić information content (AvgIpc) is 2.43. The van der Waals surface area contributed by atoms with E-state index in [1.54, 1.807) is 0 Å². The first-order valence-corrected chi connectivity index (χ1v) is 7.11. The summed E-state index contributed by atoms with van der Waals surface area (Å²) in [7, 11) is 0. The number of rotatable bonds is 1. The standard InChI is InChI=1S/C15H21N3O/c1-12-10-13(3-7-16-12)18-8-5-15(6-9-18)4-2-14(19)17-11-15/h3,7,10H,2,4-6,8-9,11H2,1H3,(H,17,19). The molecule has 0 bridgehead atoms. The third kappa shape index (κ3) is 2.57. The minimum Gasteiger partial charge on any atom is -0.371 e. The van der Waals surface area contributed by atoms with Gasteiger partial charge in [0.1, 0.15) is 0 Å². The van der Waals surface area contributed by atoms with Crippen LogP contribution in [-0.4, -0.2) is 30.5 Å². The smallest absolute Gasteiger partial charge is 0.220 e. The molecule has 2 saturated heterocycles. The van der Waals surface area contributed by atoms with E-state index >= 15 is 0 Å². The highest BCUT2D eigenvalue weighted by molar-refractivity contribution is 5.76. The van der Waals surface area contributed by atoms with Crippen LogP contribution < -0.4 is 10.2 Å². The number of hydrogen-bond donors (Lipinski definition) is 1. The molecule has 102 valence electrons. The van der Waals surface area contributed by atoms with Gasteiger partial charge in [-0.05, 0) is 43.7 Å². The predicted octanol–water partition coefficient (Wildman–Crippen LogP) is 1.89. The predicted molar refractivity (Wildman–Crippen MR) is 75.1 cm³/mol. The van der Waals surface area contributed by atoms with E-state index in [1.807, 2.05) is 13.1 Å². The zero-order valence-corrected chi connectivity index (χ0v) is 11.5. The lowest BCUT2D eigenvalue weighted by atomic mass is 9.73. The molecule has 0 aromatic carbocycles. The van der Waals surface area contributed by atoms with Crippen molar-refractivity contribution >= 4 is 11.6 Å². The zero-order chi connectivity index (χ0) is 13.3. The van der Waals surface area contributed by atoms with E-state index < -0.39 is 0 Å². The number of carbonyl (C=O) groups is 1. The highest BCUT2D eigenvalue weighted by Gasteiger charge is 2.37. The molecular formula is C15H21N3O. The Balaban J connectivity index is 1.65. The third-order valence-corrected chi connectivity index (χ3v) is 4.61. The highest BCUT2D eigenvalue weighted by Crippen LogP contribution is 2.38. The van der Waals surface area contributed by atoms with Crippen molar-refractivity contribution in [2.24, 2.45) is 5.41 Å². The van der Waals surface area contributed by atoms with Crippen LogP contribution in [0.2, 0.25) is 0 Å². The van der Waals surface area contributed by atoms with Gasteiger partial charge in [0.05, 0.1) is 0 Å². The summed E-state index contributed by atoms with van der Waals surface area (Å²) in [4.78, 5) is 18.0. The molecule has 1 aromatic rings. The van der Waals surface area contributed by atoms with Crippen molar-refractivity contribution in [2.45, 2.75) is 32.6 Å². The van der Waals surface area contributed by atoms with Gasteiger partial charge in [-0.25, -0.2) is 0 Å². The molecule has 2 aliphatic heterocycles. The first-order valence-electron chi connectivity index (χ1n) is 7.11. The zero-order valence-electron chi connectivity index (χ0n) is 11.5. The number of anilines is 1. The lowest BCUT2D eigenvalue weighted by Gasteiger charge is -2.44. The van der Waals surface area contributed by atoms with Crippen LogP contribution >= 0.6 is 0 Å². The van der Waals surface area contributed by atoms with Crippen molar-refractivity contribution in [2.75, 3.05) is 24.5 Å². The Morgan fingerprint density at radius 2 is 2.11 bits per heavy atom. The molecular weight excluding hydrogens is 238 g/mol. The van der Waals surface area contributed by atoms with Gasteiger partial charge in [-0.3, -0.25) is 9.78 Å². The van der Waals surface area contributed by atoms with Crippen LogP contribution in [0.15, 0.2) is 18.3 Å². The SMILES string of the molecule is Cc1cc(N2CCC3(CCC(=O)NC3)CC2)ccn1. The second-order valence-electron chi connectivity index (χ2n) is 5.92. The number of piperidine rings is 2. The molecule has 1 spiro atoms. The average molecular weight is 259 g/mol. The Hall–Kier alpha value is -1.58. The third-order valence-electron chi connectivity index (χ3n) is 4.61. The van der Waals surface area contributed by atoms with Gasteiger partial charge in [0.15, 0.2) is 0 Å². The van der Waals surface area contributed by atoms with Gasteiger partial charge in [-0.2, -0.15) is 0 Å². The molecule has 0 aliphatic carbocycles. The summed E-state index contributed by atoms with van der Waals surface area (Å²) in [6, 6.07) is 4.24. The first-order chi connectivity index (χ1) is 9.17. The molecule has 3 rings (SSSR count). The van der Waals surface area contributed by atoms with Gasteiger partial charge in [0.2, 0.25) is 5.91 Å². The van der Waals surface area contributed by atoms with Crippen molar-refractivity contribution in [1.82, 2.24) is 10.3 Å². The monoisotopic (exact) mass is 259 g/mol. The van der Waals surface area contributed by atoms with E-state index in [0.717, 1.165) is 31.7 Å². The van der Waals surface area contributed by atoms with E-state index in [9.17, 15) is 4.79 Å². The van der Waals surface area contributed by atoms with Gasteiger partial charge in [0, 0.05) is 43.6 Å². The quantitative estimate of drug-likeness (QED) is 0.837. The molecule has 19 heavy (non-hydrogen) atoms. The maximum absolute atomic E-state index is 11.3. The number of aryl methyl sites for hydroxylation is 1. The largest absolute Gasteiger partial charge is 0.371 e. The van der Waals surface area contributed by atoms with Crippen LogP contribution in [-0.2, 0) is 4.79 Å². The number of carbonyl (C=O) groups excluding carboxylic acids is 1. The molecule has 2 fully saturated rings. The Morgan fingerprint density at radius 3 is 2.74 bits per heavy atom. The summed E-state index contributed by atoms with van der Waals surface area (Å²) in [6.07, 6.45) is 6.00. The normalized spacial score (nSPS) is 22.4. The fourth-order valence-corrected chi connectivity index (χ4v) is 3.23. The minimum absolute atomic E-state index is 0.220. The molecule has 1 N–H and O–H groups in total. The molecule has 4 heteroatoms. The molecule has 0 atom stereocenters. The molecule has 0 saturated carbocycles.